The van der Waals surface area contributed by atoms with Crippen LogP contribution in [0.2, 0.25) is 0 Å². The summed E-state index contributed by atoms with van der Waals surface area (Å²) in [6.45, 7) is 0. The van der Waals surface area contributed by atoms with Crippen molar-refractivity contribution in [3.63, 3.8) is 0 Å². The zero-order valence-corrected chi connectivity index (χ0v) is 10.8. The Morgan fingerprint density at radius 2 is 1.71 bits per heavy atom. The maximum atomic E-state index is 14.0. The molecule has 3 rings (SSSR count). The first-order valence-corrected chi connectivity index (χ1v) is 6.28. The molecule has 104 valence electrons. The van der Waals surface area contributed by atoms with Crippen molar-refractivity contribution in [2.75, 3.05) is 0 Å². The van der Waals surface area contributed by atoms with Gasteiger partial charge in [-0.25, -0.2) is 13.6 Å². The highest BCUT2D eigenvalue weighted by Gasteiger charge is 2.11. The van der Waals surface area contributed by atoms with Gasteiger partial charge in [0.2, 0.25) is 0 Å². The van der Waals surface area contributed by atoms with Gasteiger partial charge in [-0.3, -0.25) is 0 Å². The Morgan fingerprint density at radius 1 is 0.905 bits per heavy atom. The topological polar surface area (TPSA) is 37.3 Å². The second kappa shape index (κ2) is 4.98. The van der Waals surface area contributed by atoms with Crippen LogP contribution in [-0.4, -0.2) is 11.1 Å². The van der Waals surface area contributed by atoms with Crippen molar-refractivity contribution < 1.29 is 18.7 Å². The van der Waals surface area contributed by atoms with E-state index < -0.39 is 17.6 Å². The zero-order chi connectivity index (χ0) is 15.0. The minimum absolute atomic E-state index is 0.123. The summed E-state index contributed by atoms with van der Waals surface area (Å²) < 4.78 is 27.0. The summed E-state index contributed by atoms with van der Waals surface area (Å²) in [6, 6.07) is 13.3. The first-order chi connectivity index (χ1) is 10.1. The molecule has 0 aliphatic rings. The molecule has 3 aromatic rings. The summed E-state index contributed by atoms with van der Waals surface area (Å²) in [4.78, 5) is 11.1. The number of fused-ring (bicyclic) bond motifs is 1. The summed E-state index contributed by atoms with van der Waals surface area (Å²) in [5, 5.41) is 10.5. The maximum Gasteiger partial charge on any atom is 0.335 e. The molecule has 0 saturated carbocycles. The molecule has 21 heavy (non-hydrogen) atoms. The van der Waals surface area contributed by atoms with Gasteiger partial charge in [0.05, 0.1) is 5.56 Å². The largest absolute Gasteiger partial charge is 0.478 e. The Bertz CT molecular complexity index is 857. The average molecular weight is 284 g/mol. The number of aromatic carboxylic acids is 1. The van der Waals surface area contributed by atoms with E-state index in [2.05, 4.69) is 0 Å². The molecular formula is C17H10F2O2. The van der Waals surface area contributed by atoms with E-state index in [1.165, 1.54) is 24.3 Å². The van der Waals surface area contributed by atoms with Gasteiger partial charge in [-0.1, -0.05) is 24.3 Å². The van der Waals surface area contributed by atoms with Gasteiger partial charge in [-0.15, -0.1) is 0 Å². The summed E-state index contributed by atoms with van der Waals surface area (Å²) >= 11 is 0. The minimum atomic E-state index is -1.05. The summed E-state index contributed by atoms with van der Waals surface area (Å²) in [7, 11) is 0. The van der Waals surface area contributed by atoms with Crippen LogP contribution in [0.1, 0.15) is 10.4 Å². The molecule has 0 aliphatic heterocycles. The van der Waals surface area contributed by atoms with Crippen LogP contribution in [0.4, 0.5) is 8.78 Å². The Kier molecular flexibility index (Phi) is 3.14. The number of rotatable bonds is 2. The molecule has 0 bridgehead atoms. The Hall–Kier alpha value is -2.75. The van der Waals surface area contributed by atoms with Crippen LogP contribution in [0.15, 0.2) is 54.6 Å². The molecule has 0 saturated heterocycles. The number of carbonyl (C=O) groups is 1. The van der Waals surface area contributed by atoms with E-state index in [-0.39, 0.29) is 11.1 Å². The van der Waals surface area contributed by atoms with E-state index in [9.17, 15) is 13.6 Å². The zero-order valence-electron chi connectivity index (χ0n) is 10.8. The van der Waals surface area contributed by atoms with Gasteiger partial charge in [0.25, 0.3) is 0 Å². The van der Waals surface area contributed by atoms with Crippen molar-refractivity contribution in [2.24, 2.45) is 0 Å². The van der Waals surface area contributed by atoms with Gasteiger partial charge in [0.1, 0.15) is 11.6 Å². The minimum Gasteiger partial charge on any atom is -0.478 e. The molecule has 0 heterocycles. The molecule has 0 unspecified atom stereocenters. The number of halogens is 2. The smallest absolute Gasteiger partial charge is 0.335 e. The van der Waals surface area contributed by atoms with Gasteiger partial charge in [-0.2, -0.15) is 0 Å². The number of benzene rings is 3. The highest BCUT2D eigenvalue weighted by Crippen LogP contribution is 2.31. The van der Waals surface area contributed by atoms with Crippen molar-refractivity contribution in [1.29, 1.82) is 0 Å². The van der Waals surface area contributed by atoms with Crippen LogP contribution < -0.4 is 0 Å². The van der Waals surface area contributed by atoms with Crippen molar-refractivity contribution >= 4 is 16.7 Å². The van der Waals surface area contributed by atoms with E-state index in [1.54, 1.807) is 18.2 Å². The highest BCUT2D eigenvalue weighted by atomic mass is 19.1. The number of hydrogen-bond acceptors (Lipinski definition) is 1. The lowest BCUT2D eigenvalue weighted by Crippen LogP contribution is -1.96. The average Bonchev–Trinajstić information content (AvgIpc) is 2.46. The molecule has 4 heteroatoms. The van der Waals surface area contributed by atoms with Crippen molar-refractivity contribution in [2.45, 2.75) is 0 Å². The molecule has 0 aromatic heterocycles. The fourth-order valence-corrected chi connectivity index (χ4v) is 2.35. The SMILES string of the molecule is O=C(O)c1ccc2cccc(-c3ccc(F)cc3F)c2c1. The Morgan fingerprint density at radius 3 is 2.43 bits per heavy atom. The standard InChI is InChI=1S/C17H10F2O2/c18-12-6-7-14(16(19)9-12)13-3-1-2-10-4-5-11(17(20)21)8-15(10)13/h1-9H,(H,20,21). The third-order valence-corrected chi connectivity index (χ3v) is 3.35. The van der Waals surface area contributed by atoms with Crippen LogP contribution in [-0.2, 0) is 0 Å². The predicted molar refractivity (Wildman–Crippen MR) is 76.3 cm³/mol. The molecule has 0 fully saturated rings. The van der Waals surface area contributed by atoms with Crippen molar-refractivity contribution in [3.05, 3.63) is 71.8 Å². The summed E-state index contributed by atoms with van der Waals surface area (Å²) in [5.41, 5.74) is 0.898. The van der Waals surface area contributed by atoms with E-state index in [0.717, 1.165) is 11.5 Å². The van der Waals surface area contributed by atoms with E-state index >= 15 is 0 Å². The second-order valence-electron chi connectivity index (χ2n) is 4.67. The number of carboxylic acids is 1. The van der Waals surface area contributed by atoms with Crippen LogP contribution in [0, 0.1) is 11.6 Å². The summed E-state index contributed by atoms with van der Waals surface area (Å²) in [5.74, 6) is -2.38. The molecule has 2 nitrogen and oxygen atoms in total. The molecule has 3 aromatic carbocycles. The maximum absolute atomic E-state index is 14.0. The molecule has 0 radical (unpaired) electrons. The lowest BCUT2D eigenvalue weighted by molar-refractivity contribution is 0.0697. The lowest BCUT2D eigenvalue weighted by atomic mass is 9.96. The lowest BCUT2D eigenvalue weighted by Gasteiger charge is -2.09. The number of hydrogen-bond donors (Lipinski definition) is 1. The van der Waals surface area contributed by atoms with Gasteiger partial charge in [0, 0.05) is 11.6 Å². The Labute approximate surface area is 119 Å². The molecule has 0 spiro atoms. The van der Waals surface area contributed by atoms with Crippen molar-refractivity contribution in [3.8, 4) is 11.1 Å². The fourth-order valence-electron chi connectivity index (χ4n) is 2.35. The first-order valence-electron chi connectivity index (χ1n) is 6.28. The first kappa shape index (κ1) is 13.2. The fraction of sp³-hybridized carbons (Fsp3) is 0. The van der Waals surface area contributed by atoms with Gasteiger partial charge in [0.15, 0.2) is 0 Å². The third-order valence-electron chi connectivity index (χ3n) is 3.35. The van der Waals surface area contributed by atoms with Gasteiger partial charge < -0.3 is 5.11 Å². The molecule has 0 aliphatic carbocycles. The molecule has 0 amide bonds. The Balaban J connectivity index is 2.31. The number of carboxylic acid groups (broad SMARTS) is 1. The molecular weight excluding hydrogens is 274 g/mol. The van der Waals surface area contributed by atoms with E-state index in [4.69, 9.17) is 5.11 Å². The van der Waals surface area contributed by atoms with Crippen LogP contribution >= 0.6 is 0 Å². The predicted octanol–water partition coefficient (Wildman–Crippen LogP) is 4.48. The van der Waals surface area contributed by atoms with E-state index in [0.29, 0.717) is 10.9 Å². The monoisotopic (exact) mass is 284 g/mol. The van der Waals surface area contributed by atoms with Crippen LogP contribution in [0.5, 0.6) is 0 Å². The van der Waals surface area contributed by atoms with Gasteiger partial charge >= 0.3 is 5.97 Å². The normalized spacial score (nSPS) is 10.8. The quantitative estimate of drug-likeness (QED) is 0.753. The highest BCUT2D eigenvalue weighted by molar-refractivity contribution is 6.01. The van der Waals surface area contributed by atoms with E-state index in [1.807, 2.05) is 6.07 Å². The molecule has 0 atom stereocenters. The van der Waals surface area contributed by atoms with Gasteiger partial charge in [-0.05, 0) is 40.6 Å². The second-order valence-corrected chi connectivity index (χ2v) is 4.67. The summed E-state index contributed by atoms with van der Waals surface area (Å²) in [6.07, 6.45) is 0. The van der Waals surface area contributed by atoms with Crippen LogP contribution in [0.3, 0.4) is 0 Å². The third kappa shape index (κ3) is 2.36. The molecule has 1 N–H and O–H groups in total. The van der Waals surface area contributed by atoms with Crippen molar-refractivity contribution in [1.82, 2.24) is 0 Å². The van der Waals surface area contributed by atoms with Crippen LogP contribution in [0.25, 0.3) is 21.9 Å².